The van der Waals surface area contributed by atoms with E-state index in [0.717, 1.165) is 38.6 Å². The highest BCUT2D eigenvalue weighted by atomic mass is 16.5. The zero-order chi connectivity index (χ0) is 14.8. The number of aromatic nitrogens is 2. The highest BCUT2D eigenvalue weighted by Gasteiger charge is 2.45. The van der Waals surface area contributed by atoms with Crippen molar-refractivity contribution < 1.29 is 9.53 Å². The maximum Gasteiger partial charge on any atom is 0.204 e. The van der Waals surface area contributed by atoms with Crippen molar-refractivity contribution in [1.82, 2.24) is 14.7 Å². The molecule has 1 aliphatic rings. The van der Waals surface area contributed by atoms with Gasteiger partial charge in [-0.2, -0.15) is 5.10 Å². The van der Waals surface area contributed by atoms with Crippen LogP contribution in [-0.4, -0.2) is 47.2 Å². The standard InChI is InChI=1S/C15H25N3O2/c1-5-10-18-13(12(20-4)11-16-18)14(19)15(17(2)3)8-6-7-9-15/h11H,5-10H2,1-4H3. The van der Waals surface area contributed by atoms with Gasteiger partial charge in [-0.25, -0.2) is 0 Å². The fraction of sp³-hybridized carbons (Fsp3) is 0.733. The molecule has 1 aromatic heterocycles. The lowest BCUT2D eigenvalue weighted by Gasteiger charge is -2.34. The summed E-state index contributed by atoms with van der Waals surface area (Å²) in [7, 11) is 5.59. The molecule has 0 aliphatic heterocycles. The van der Waals surface area contributed by atoms with Gasteiger partial charge in [0, 0.05) is 6.54 Å². The van der Waals surface area contributed by atoms with Gasteiger partial charge in [-0.05, 0) is 33.4 Å². The Bertz CT molecular complexity index is 473. The quantitative estimate of drug-likeness (QED) is 0.750. The van der Waals surface area contributed by atoms with Crippen molar-refractivity contribution >= 4 is 5.78 Å². The lowest BCUT2D eigenvalue weighted by molar-refractivity contribution is 0.0677. The van der Waals surface area contributed by atoms with E-state index in [0.29, 0.717) is 11.4 Å². The van der Waals surface area contributed by atoms with Crippen molar-refractivity contribution in [3.63, 3.8) is 0 Å². The second kappa shape index (κ2) is 5.95. The number of carbonyl (C=O) groups excluding carboxylic acids is 1. The molecule has 1 aliphatic carbocycles. The van der Waals surface area contributed by atoms with Crippen LogP contribution >= 0.6 is 0 Å². The normalized spacial score (nSPS) is 17.6. The summed E-state index contributed by atoms with van der Waals surface area (Å²) >= 11 is 0. The van der Waals surface area contributed by atoms with E-state index in [1.807, 2.05) is 14.1 Å². The van der Waals surface area contributed by atoms with E-state index in [1.165, 1.54) is 0 Å². The summed E-state index contributed by atoms with van der Waals surface area (Å²) < 4.78 is 7.15. The van der Waals surface area contributed by atoms with Gasteiger partial charge in [0.2, 0.25) is 5.78 Å². The summed E-state index contributed by atoms with van der Waals surface area (Å²) in [6.07, 6.45) is 6.64. The predicted octanol–water partition coefficient (Wildman–Crippen LogP) is 2.36. The third-order valence-corrected chi connectivity index (χ3v) is 4.39. The summed E-state index contributed by atoms with van der Waals surface area (Å²) in [5.41, 5.74) is 0.240. The van der Waals surface area contributed by atoms with Crippen molar-refractivity contribution in [3.8, 4) is 5.75 Å². The van der Waals surface area contributed by atoms with Gasteiger partial charge < -0.3 is 4.74 Å². The zero-order valence-electron chi connectivity index (χ0n) is 13.0. The molecule has 0 amide bonds. The number of ether oxygens (including phenoxy) is 1. The summed E-state index contributed by atoms with van der Waals surface area (Å²) in [4.78, 5) is 15.2. The zero-order valence-corrected chi connectivity index (χ0v) is 13.0. The van der Waals surface area contributed by atoms with Crippen LogP contribution in [0.2, 0.25) is 0 Å². The van der Waals surface area contributed by atoms with Crippen LogP contribution in [0.1, 0.15) is 49.5 Å². The van der Waals surface area contributed by atoms with Crippen LogP contribution < -0.4 is 4.74 Å². The number of nitrogens with zero attached hydrogens (tertiary/aromatic N) is 3. The summed E-state index contributed by atoms with van der Waals surface area (Å²) in [6.45, 7) is 2.83. The van der Waals surface area contributed by atoms with Gasteiger partial charge in [-0.15, -0.1) is 0 Å². The number of Topliss-reactive ketones (excluding diaryl/α,β-unsaturated/α-hetero) is 1. The lowest BCUT2D eigenvalue weighted by atomic mass is 9.88. The molecule has 0 aromatic carbocycles. The van der Waals surface area contributed by atoms with Gasteiger partial charge in [0.25, 0.3) is 0 Å². The molecule has 1 heterocycles. The van der Waals surface area contributed by atoms with Crippen molar-refractivity contribution in [3.05, 3.63) is 11.9 Å². The monoisotopic (exact) mass is 279 g/mol. The van der Waals surface area contributed by atoms with Crippen molar-refractivity contribution in [2.24, 2.45) is 0 Å². The van der Waals surface area contributed by atoms with Gasteiger partial charge in [0.15, 0.2) is 5.75 Å². The van der Waals surface area contributed by atoms with E-state index in [9.17, 15) is 4.79 Å². The topological polar surface area (TPSA) is 47.4 Å². The number of hydrogen-bond donors (Lipinski definition) is 0. The maximum absolute atomic E-state index is 13.2. The Morgan fingerprint density at radius 2 is 2.10 bits per heavy atom. The minimum Gasteiger partial charge on any atom is -0.493 e. The lowest BCUT2D eigenvalue weighted by Crippen LogP contribution is -2.49. The van der Waals surface area contributed by atoms with Crippen molar-refractivity contribution in [2.75, 3.05) is 21.2 Å². The van der Waals surface area contributed by atoms with Gasteiger partial charge in [0.05, 0.1) is 18.8 Å². The molecule has 0 spiro atoms. The first-order valence-corrected chi connectivity index (χ1v) is 7.39. The molecule has 2 rings (SSSR count). The Hall–Kier alpha value is -1.36. The molecule has 5 nitrogen and oxygen atoms in total. The van der Waals surface area contributed by atoms with Crippen LogP contribution in [0.4, 0.5) is 0 Å². The minimum absolute atomic E-state index is 0.155. The molecule has 1 aromatic rings. The number of carbonyl (C=O) groups is 1. The molecule has 0 bridgehead atoms. The molecule has 20 heavy (non-hydrogen) atoms. The van der Waals surface area contributed by atoms with Gasteiger partial charge in [-0.1, -0.05) is 19.8 Å². The maximum atomic E-state index is 13.2. The molecular formula is C15H25N3O2. The second-order valence-electron chi connectivity index (χ2n) is 5.75. The van der Waals surface area contributed by atoms with Crippen LogP contribution in [0.3, 0.4) is 0 Å². The molecule has 112 valence electrons. The molecule has 0 N–H and O–H groups in total. The molecular weight excluding hydrogens is 254 g/mol. The van der Waals surface area contributed by atoms with Crippen LogP contribution in [0, 0.1) is 0 Å². The van der Waals surface area contributed by atoms with E-state index in [4.69, 9.17) is 4.74 Å². The third-order valence-electron chi connectivity index (χ3n) is 4.39. The number of aryl methyl sites for hydroxylation is 1. The Balaban J connectivity index is 2.43. The van der Waals surface area contributed by atoms with Crippen molar-refractivity contribution in [1.29, 1.82) is 0 Å². The van der Waals surface area contributed by atoms with E-state index < -0.39 is 5.54 Å². The number of ketones is 1. The largest absolute Gasteiger partial charge is 0.493 e. The van der Waals surface area contributed by atoms with Crippen LogP contribution in [0.5, 0.6) is 5.75 Å². The first-order valence-electron chi connectivity index (χ1n) is 7.39. The minimum atomic E-state index is -0.390. The molecule has 0 saturated heterocycles. The van der Waals surface area contributed by atoms with Gasteiger partial charge >= 0.3 is 0 Å². The molecule has 1 saturated carbocycles. The molecule has 5 heteroatoms. The predicted molar refractivity (Wildman–Crippen MR) is 78.3 cm³/mol. The van der Waals surface area contributed by atoms with E-state index in [1.54, 1.807) is 18.0 Å². The highest BCUT2D eigenvalue weighted by Crippen LogP contribution is 2.38. The first-order chi connectivity index (χ1) is 9.56. The summed E-state index contributed by atoms with van der Waals surface area (Å²) in [6, 6.07) is 0. The average molecular weight is 279 g/mol. The van der Waals surface area contributed by atoms with E-state index in [2.05, 4.69) is 16.9 Å². The van der Waals surface area contributed by atoms with Crippen molar-refractivity contribution in [2.45, 2.75) is 51.1 Å². The van der Waals surface area contributed by atoms with E-state index in [-0.39, 0.29) is 5.78 Å². The number of methoxy groups -OCH3 is 1. The van der Waals surface area contributed by atoms with Gasteiger partial charge in [-0.3, -0.25) is 14.4 Å². The average Bonchev–Trinajstić information content (AvgIpc) is 3.05. The Labute approximate surface area is 120 Å². The fourth-order valence-corrected chi connectivity index (χ4v) is 3.19. The number of likely N-dealkylation sites (N-methyl/N-ethyl adjacent to an activating group) is 1. The summed E-state index contributed by atoms with van der Waals surface area (Å²) in [5, 5.41) is 4.31. The van der Waals surface area contributed by atoms with E-state index >= 15 is 0 Å². The first kappa shape index (κ1) is 15.0. The van der Waals surface area contributed by atoms with Crippen LogP contribution in [-0.2, 0) is 6.54 Å². The third kappa shape index (κ3) is 2.35. The molecule has 1 fully saturated rings. The molecule has 0 atom stereocenters. The Kier molecular flexibility index (Phi) is 4.48. The number of hydrogen-bond acceptors (Lipinski definition) is 4. The Morgan fingerprint density at radius 1 is 1.45 bits per heavy atom. The Morgan fingerprint density at radius 3 is 2.60 bits per heavy atom. The SMILES string of the molecule is CCCn1ncc(OC)c1C(=O)C1(N(C)C)CCCC1. The highest BCUT2D eigenvalue weighted by molar-refractivity contribution is 6.04. The smallest absolute Gasteiger partial charge is 0.204 e. The van der Waals surface area contributed by atoms with Gasteiger partial charge in [0.1, 0.15) is 5.69 Å². The molecule has 0 radical (unpaired) electrons. The summed E-state index contributed by atoms with van der Waals surface area (Å²) in [5.74, 6) is 0.749. The fourth-order valence-electron chi connectivity index (χ4n) is 3.19. The molecule has 0 unspecified atom stereocenters. The number of rotatable bonds is 6. The second-order valence-corrected chi connectivity index (χ2v) is 5.75. The van der Waals surface area contributed by atoms with Crippen LogP contribution in [0.25, 0.3) is 0 Å². The van der Waals surface area contributed by atoms with Crippen LogP contribution in [0.15, 0.2) is 6.20 Å².